The first-order valence-corrected chi connectivity index (χ1v) is 6.25. The number of carbonyl (C=O) groups is 2. The lowest BCUT2D eigenvalue weighted by molar-refractivity contribution is -0.127. The lowest BCUT2D eigenvalue weighted by Gasteiger charge is -2.11. The van der Waals surface area contributed by atoms with E-state index in [4.69, 9.17) is 16.9 Å². The second kappa shape index (κ2) is 5.72. The summed E-state index contributed by atoms with van der Waals surface area (Å²) in [4.78, 5) is 25.0. The Balaban J connectivity index is 2.09. The third-order valence-electron chi connectivity index (χ3n) is 2.90. The van der Waals surface area contributed by atoms with Crippen LogP contribution in [-0.4, -0.2) is 23.4 Å². The number of nitrogens with zero attached hydrogens (tertiary/aromatic N) is 2. The molecule has 1 atom stereocenters. The normalized spacial score (nSPS) is 18.3. The number of nitriles is 1. The zero-order chi connectivity index (χ0) is 13.8. The highest BCUT2D eigenvalue weighted by atomic mass is 35.5. The van der Waals surface area contributed by atoms with Gasteiger partial charge in [0.2, 0.25) is 0 Å². The molecule has 19 heavy (non-hydrogen) atoms. The largest absolute Gasteiger partial charge is 0.325 e. The second-order valence-electron chi connectivity index (χ2n) is 4.19. The molecule has 1 aromatic rings. The fraction of sp³-hybridized carbons (Fsp3) is 0.308. The van der Waals surface area contributed by atoms with E-state index >= 15 is 0 Å². The minimum Gasteiger partial charge on any atom is -0.322 e. The Bertz CT molecular complexity index is 536. The molecule has 3 amide bonds. The first-order valence-electron chi connectivity index (χ1n) is 5.88. The fourth-order valence-corrected chi connectivity index (χ4v) is 2.05. The zero-order valence-electron chi connectivity index (χ0n) is 10.1. The van der Waals surface area contributed by atoms with Crippen molar-refractivity contribution in [1.82, 2.24) is 10.2 Å². The van der Waals surface area contributed by atoms with Crippen LogP contribution in [0.1, 0.15) is 24.4 Å². The monoisotopic (exact) mass is 277 g/mol. The summed E-state index contributed by atoms with van der Waals surface area (Å²) in [5.41, 5.74) is 0.700. The van der Waals surface area contributed by atoms with Gasteiger partial charge in [0.25, 0.3) is 5.91 Å². The molecule has 1 aromatic carbocycles. The maximum absolute atomic E-state index is 12.1. The zero-order valence-corrected chi connectivity index (χ0v) is 10.9. The molecule has 1 heterocycles. The number of carbonyl (C=O) groups excluding carboxylic acids is 2. The van der Waals surface area contributed by atoms with E-state index in [1.54, 1.807) is 24.3 Å². The Morgan fingerprint density at radius 2 is 2.00 bits per heavy atom. The molecule has 6 heteroatoms. The molecule has 0 spiro atoms. The molecule has 2 rings (SSSR count). The molecular weight excluding hydrogens is 266 g/mol. The van der Waals surface area contributed by atoms with Crippen LogP contribution in [0.3, 0.4) is 0 Å². The van der Waals surface area contributed by atoms with Crippen molar-refractivity contribution in [2.45, 2.75) is 18.9 Å². The SMILES string of the molecule is N#CCCCN1C(=O)NC(c2ccc(Cl)cc2)C1=O. The fourth-order valence-electron chi connectivity index (χ4n) is 1.93. The van der Waals surface area contributed by atoms with Crippen LogP contribution >= 0.6 is 11.6 Å². The summed E-state index contributed by atoms with van der Waals surface area (Å²) in [6, 6.07) is 7.69. The van der Waals surface area contributed by atoms with Crippen LogP contribution in [-0.2, 0) is 4.79 Å². The quantitative estimate of drug-likeness (QED) is 0.677. The van der Waals surface area contributed by atoms with Crippen molar-refractivity contribution in [3.8, 4) is 6.07 Å². The molecule has 98 valence electrons. The standard InChI is InChI=1S/C13H12ClN3O2/c14-10-5-3-9(4-6-10)11-12(18)17(13(19)16-11)8-2-1-7-15/h3-6,11H,1-2,8H2,(H,16,19). The van der Waals surface area contributed by atoms with E-state index in [0.29, 0.717) is 23.4 Å². The van der Waals surface area contributed by atoms with Gasteiger partial charge in [-0.25, -0.2) is 4.79 Å². The molecule has 1 N–H and O–H groups in total. The Kier molecular flexibility index (Phi) is 4.03. The van der Waals surface area contributed by atoms with Gasteiger partial charge >= 0.3 is 6.03 Å². The van der Waals surface area contributed by atoms with Gasteiger partial charge in [0.05, 0.1) is 6.07 Å². The predicted octanol–water partition coefficient (Wildman–Crippen LogP) is 2.24. The van der Waals surface area contributed by atoms with E-state index in [-0.39, 0.29) is 12.5 Å². The average Bonchev–Trinajstić information content (AvgIpc) is 2.68. The number of benzene rings is 1. The number of hydrogen-bond acceptors (Lipinski definition) is 3. The van der Waals surface area contributed by atoms with Crippen LogP contribution in [0.2, 0.25) is 5.02 Å². The van der Waals surface area contributed by atoms with Gasteiger partial charge in [0.15, 0.2) is 0 Å². The van der Waals surface area contributed by atoms with Gasteiger partial charge in [-0.15, -0.1) is 0 Å². The molecule has 1 aliphatic rings. The van der Waals surface area contributed by atoms with Crippen molar-refractivity contribution >= 4 is 23.5 Å². The molecule has 5 nitrogen and oxygen atoms in total. The molecule has 1 aliphatic heterocycles. The number of imide groups is 1. The smallest absolute Gasteiger partial charge is 0.322 e. The van der Waals surface area contributed by atoms with Gasteiger partial charge in [-0.2, -0.15) is 5.26 Å². The van der Waals surface area contributed by atoms with Crippen molar-refractivity contribution in [3.63, 3.8) is 0 Å². The van der Waals surface area contributed by atoms with Crippen LogP contribution in [0.15, 0.2) is 24.3 Å². The molecule has 1 unspecified atom stereocenters. The summed E-state index contributed by atoms with van der Waals surface area (Å²) < 4.78 is 0. The Hall–Kier alpha value is -2.06. The van der Waals surface area contributed by atoms with Gasteiger partial charge < -0.3 is 5.32 Å². The van der Waals surface area contributed by atoms with Gasteiger partial charge in [0.1, 0.15) is 6.04 Å². The summed E-state index contributed by atoms with van der Waals surface area (Å²) in [5, 5.41) is 11.7. The van der Waals surface area contributed by atoms with Gasteiger partial charge in [-0.3, -0.25) is 9.69 Å². The molecule has 0 aliphatic carbocycles. The summed E-state index contributed by atoms with van der Waals surface area (Å²) in [7, 11) is 0. The van der Waals surface area contributed by atoms with E-state index in [0.717, 1.165) is 4.90 Å². The highest BCUT2D eigenvalue weighted by Gasteiger charge is 2.38. The molecule has 0 bridgehead atoms. The minimum absolute atomic E-state index is 0.266. The first-order chi connectivity index (χ1) is 9.13. The Labute approximate surface area is 115 Å². The van der Waals surface area contributed by atoms with Crippen LogP contribution in [0.5, 0.6) is 0 Å². The molecule has 0 saturated carbocycles. The lowest BCUT2D eigenvalue weighted by Crippen LogP contribution is -2.31. The third-order valence-corrected chi connectivity index (χ3v) is 3.15. The minimum atomic E-state index is -0.660. The molecule has 0 radical (unpaired) electrons. The molecular formula is C13H12ClN3O2. The van der Waals surface area contributed by atoms with Crippen molar-refractivity contribution in [1.29, 1.82) is 5.26 Å². The number of urea groups is 1. The molecule has 0 aromatic heterocycles. The molecule has 1 fully saturated rings. The Morgan fingerprint density at radius 1 is 1.32 bits per heavy atom. The van der Waals surface area contributed by atoms with Gasteiger partial charge in [0, 0.05) is 18.0 Å². The second-order valence-corrected chi connectivity index (χ2v) is 4.62. The number of rotatable bonds is 4. The number of hydrogen-bond donors (Lipinski definition) is 1. The maximum atomic E-state index is 12.1. The Morgan fingerprint density at radius 3 is 2.63 bits per heavy atom. The van der Waals surface area contributed by atoms with E-state index in [9.17, 15) is 9.59 Å². The number of halogens is 1. The average molecular weight is 278 g/mol. The van der Waals surface area contributed by atoms with Crippen LogP contribution in [0.4, 0.5) is 4.79 Å². The summed E-state index contributed by atoms with van der Waals surface area (Å²) in [6.07, 6.45) is 0.811. The van der Waals surface area contributed by atoms with Crippen LogP contribution < -0.4 is 5.32 Å². The highest BCUT2D eigenvalue weighted by molar-refractivity contribution is 6.30. The van der Waals surface area contributed by atoms with E-state index < -0.39 is 12.1 Å². The highest BCUT2D eigenvalue weighted by Crippen LogP contribution is 2.23. The van der Waals surface area contributed by atoms with E-state index in [2.05, 4.69) is 5.32 Å². The van der Waals surface area contributed by atoms with Crippen molar-refractivity contribution < 1.29 is 9.59 Å². The molecule has 1 saturated heterocycles. The maximum Gasteiger partial charge on any atom is 0.325 e. The lowest BCUT2D eigenvalue weighted by atomic mass is 10.1. The van der Waals surface area contributed by atoms with Crippen molar-refractivity contribution in [2.75, 3.05) is 6.54 Å². The summed E-state index contributed by atoms with van der Waals surface area (Å²) >= 11 is 5.78. The number of amides is 3. The number of unbranched alkanes of at least 4 members (excludes halogenated alkanes) is 1. The predicted molar refractivity (Wildman–Crippen MR) is 69.3 cm³/mol. The summed E-state index contributed by atoms with van der Waals surface area (Å²) in [6.45, 7) is 0.266. The van der Waals surface area contributed by atoms with Crippen LogP contribution in [0, 0.1) is 11.3 Å². The summed E-state index contributed by atoms with van der Waals surface area (Å²) in [5.74, 6) is -0.287. The third kappa shape index (κ3) is 2.85. The number of nitrogens with one attached hydrogen (secondary N) is 1. The first kappa shape index (κ1) is 13.4. The van der Waals surface area contributed by atoms with Gasteiger partial charge in [-0.05, 0) is 24.1 Å². The topological polar surface area (TPSA) is 73.2 Å². The van der Waals surface area contributed by atoms with Crippen molar-refractivity contribution in [2.24, 2.45) is 0 Å². The van der Waals surface area contributed by atoms with E-state index in [1.807, 2.05) is 6.07 Å². The van der Waals surface area contributed by atoms with Crippen molar-refractivity contribution in [3.05, 3.63) is 34.9 Å². The van der Waals surface area contributed by atoms with Gasteiger partial charge in [-0.1, -0.05) is 23.7 Å². The van der Waals surface area contributed by atoms with E-state index in [1.165, 1.54) is 0 Å². The van der Waals surface area contributed by atoms with Crippen LogP contribution in [0.25, 0.3) is 0 Å².